The van der Waals surface area contributed by atoms with Crippen molar-refractivity contribution in [2.75, 3.05) is 18.4 Å². The van der Waals surface area contributed by atoms with Crippen LogP contribution >= 0.6 is 0 Å². The van der Waals surface area contributed by atoms with Gasteiger partial charge >= 0.3 is 0 Å². The summed E-state index contributed by atoms with van der Waals surface area (Å²) in [5, 5.41) is 3.15. The monoisotopic (exact) mass is 320 g/mol. The van der Waals surface area contributed by atoms with E-state index in [1.165, 1.54) is 36.0 Å². The smallest absolute Gasteiger partial charge is 0.242 e. The lowest BCUT2D eigenvalue weighted by Gasteiger charge is -2.42. The van der Waals surface area contributed by atoms with Crippen molar-refractivity contribution >= 4 is 11.6 Å². The van der Waals surface area contributed by atoms with Gasteiger partial charge in [-0.05, 0) is 50.0 Å². The van der Waals surface area contributed by atoms with Gasteiger partial charge in [-0.1, -0.05) is 54.4 Å². The molecular weight excluding hydrogens is 296 g/mol. The number of nitrogens with zero attached hydrogens (tertiary/aromatic N) is 1. The molecule has 0 bridgehead atoms. The predicted octanol–water partition coefficient (Wildman–Crippen LogP) is 3.93. The fourth-order valence-corrected chi connectivity index (χ4v) is 4.18. The number of likely N-dealkylation sites (tertiary alicyclic amines) is 1. The Kier molecular flexibility index (Phi) is 4.11. The van der Waals surface area contributed by atoms with Crippen molar-refractivity contribution in [2.45, 2.75) is 38.1 Å². The summed E-state index contributed by atoms with van der Waals surface area (Å²) in [5.41, 5.74) is 4.68. The lowest BCUT2D eigenvalue weighted by Crippen LogP contribution is -2.52. The Morgan fingerprint density at radius 2 is 1.75 bits per heavy atom. The molecule has 3 heteroatoms. The number of anilines is 1. The zero-order valence-corrected chi connectivity index (χ0v) is 14.2. The van der Waals surface area contributed by atoms with Crippen molar-refractivity contribution in [1.82, 2.24) is 4.90 Å². The van der Waals surface area contributed by atoms with Gasteiger partial charge in [0.05, 0.1) is 0 Å². The number of fused-ring (bicyclic) bond motifs is 1. The van der Waals surface area contributed by atoms with Gasteiger partial charge in [-0.25, -0.2) is 0 Å². The molecule has 1 saturated heterocycles. The van der Waals surface area contributed by atoms with Crippen LogP contribution in [0.4, 0.5) is 5.69 Å². The van der Waals surface area contributed by atoms with E-state index in [9.17, 15) is 4.79 Å². The SMILES string of the molecule is Cc1ccc2c(c1)[C@H](c1ccccc1)[C@@H](N1CCCCC1)C(=O)N2. The third kappa shape index (κ3) is 2.73. The second-order valence-corrected chi connectivity index (χ2v) is 7.01. The first-order valence-electron chi connectivity index (χ1n) is 8.94. The molecule has 0 unspecified atom stereocenters. The molecule has 2 heterocycles. The van der Waals surface area contributed by atoms with Crippen LogP contribution in [0.1, 0.15) is 41.9 Å². The van der Waals surface area contributed by atoms with Crippen molar-refractivity contribution in [3.05, 3.63) is 65.2 Å². The molecule has 124 valence electrons. The van der Waals surface area contributed by atoms with Crippen molar-refractivity contribution in [3.8, 4) is 0 Å². The summed E-state index contributed by atoms with van der Waals surface area (Å²) in [7, 11) is 0. The van der Waals surface area contributed by atoms with Crippen molar-refractivity contribution in [3.63, 3.8) is 0 Å². The molecular formula is C21H24N2O. The topological polar surface area (TPSA) is 32.3 Å². The number of amides is 1. The quantitative estimate of drug-likeness (QED) is 0.909. The summed E-state index contributed by atoms with van der Waals surface area (Å²) in [5.74, 6) is 0.245. The normalized spacial score (nSPS) is 24.3. The first kappa shape index (κ1) is 15.4. The van der Waals surface area contributed by atoms with Gasteiger partial charge in [0, 0.05) is 11.6 Å². The highest BCUT2D eigenvalue weighted by Gasteiger charge is 2.40. The maximum absolute atomic E-state index is 13.0. The van der Waals surface area contributed by atoms with E-state index < -0.39 is 0 Å². The van der Waals surface area contributed by atoms with Crippen molar-refractivity contribution < 1.29 is 4.79 Å². The van der Waals surface area contributed by atoms with E-state index in [-0.39, 0.29) is 17.9 Å². The van der Waals surface area contributed by atoms with Crippen LogP contribution in [0, 0.1) is 6.92 Å². The average molecular weight is 320 g/mol. The van der Waals surface area contributed by atoms with Crippen LogP contribution in [0.2, 0.25) is 0 Å². The van der Waals surface area contributed by atoms with Gasteiger partial charge < -0.3 is 5.32 Å². The Labute approximate surface area is 143 Å². The summed E-state index contributed by atoms with van der Waals surface area (Å²) in [6, 6.07) is 16.8. The molecule has 2 aromatic rings. The molecule has 1 N–H and O–H groups in total. The molecule has 0 spiro atoms. The van der Waals surface area contributed by atoms with Gasteiger partial charge in [-0.2, -0.15) is 0 Å². The number of aryl methyl sites for hydroxylation is 1. The Balaban J connectivity index is 1.83. The molecule has 1 fully saturated rings. The Morgan fingerprint density at radius 1 is 1.00 bits per heavy atom. The lowest BCUT2D eigenvalue weighted by molar-refractivity contribution is -0.122. The maximum atomic E-state index is 13.0. The summed E-state index contributed by atoms with van der Waals surface area (Å²) >= 11 is 0. The number of nitrogens with one attached hydrogen (secondary N) is 1. The molecule has 0 aromatic heterocycles. The summed E-state index contributed by atoms with van der Waals surface area (Å²) in [6.45, 7) is 4.15. The number of hydrogen-bond acceptors (Lipinski definition) is 2. The largest absolute Gasteiger partial charge is 0.324 e. The molecule has 3 nitrogen and oxygen atoms in total. The number of piperidine rings is 1. The zero-order chi connectivity index (χ0) is 16.5. The van der Waals surface area contributed by atoms with Gasteiger partial charge in [0.25, 0.3) is 0 Å². The predicted molar refractivity (Wildman–Crippen MR) is 97.3 cm³/mol. The summed E-state index contributed by atoms with van der Waals surface area (Å²) in [4.78, 5) is 15.4. The standard InChI is InChI=1S/C21H24N2O/c1-15-10-11-18-17(14-15)19(16-8-4-2-5-9-16)20(21(24)22-18)23-12-6-3-7-13-23/h2,4-5,8-11,14,19-20H,3,6-7,12-13H2,1H3,(H,22,24)/t19-,20+/m0/s1. The number of carbonyl (C=O) groups excluding carboxylic acids is 1. The first-order chi connectivity index (χ1) is 11.7. The molecule has 2 aliphatic rings. The van der Waals surface area contributed by atoms with Gasteiger partial charge in [-0.15, -0.1) is 0 Å². The van der Waals surface area contributed by atoms with Crippen LogP contribution in [0.15, 0.2) is 48.5 Å². The molecule has 0 saturated carbocycles. The van der Waals surface area contributed by atoms with Gasteiger partial charge in [-0.3, -0.25) is 9.69 Å². The van der Waals surface area contributed by atoms with E-state index in [0.29, 0.717) is 0 Å². The summed E-state index contributed by atoms with van der Waals surface area (Å²) < 4.78 is 0. The highest BCUT2D eigenvalue weighted by Crippen LogP contribution is 2.40. The van der Waals surface area contributed by atoms with E-state index in [1.807, 2.05) is 12.1 Å². The van der Waals surface area contributed by atoms with Crippen LogP contribution in [-0.4, -0.2) is 29.9 Å². The molecule has 0 aliphatic carbocycles. The third-order valence-corrected chi connectivity index (χ3v) is 5.33. The zero-order valence-electron chi connectivity index (χ0n) is 14.2. The third-order valence-electron chi connectivity index (χ3n) is 5.33. The van der Waals surface area contributed by atoms with E-state index >= 15 is 0 Å². The minimum absolute atomic E-state index is 0.105. The van der Waals surface area contributed by atoms with Crippen LogP contribution in [-0.2, 0) is 4.79 Å². The highest BCUT2D eigenvalue weighted by atomic mass is 16.2. The molecule has 2 aliphatic heterocycles. The van der Waals surface area contributed by atoms with E-state index in [2.05, 4.69) is 53.5 Å². The van der Waals surface area contributed by atoms with Crippen molar-refractivity contribution in [1.29, 1.82) is 0 Å². The molecule has 24 heavy (non-hydrogen) atoms. The number of benzene rings is 2. The molecule has 0 radical (unpaired) electrons. The van der Waals surface area contributed by atoms with Crippen LogP contribution in [0.3, 0.4) is 0 Å². The second-order valence-electron chi connectivity index (χ2n) is 7.01. The van der Waals surface area contributed by atoms with E-state index in [0.717, 1.165) is 18.8 Å². The van der Waals surface area contributed by atoms with Gasteiger partial charge in [0.2, 0.25) is 5.91 Å². The lowest BCUT2D eigenvalue weighted by atomic mass is 9.79. The van der Waals surface area contributed by atoms with Crippen LogP contribution in [0.25, 0.3) is 0 Å². The van der Waals surface area contributed by atoms with Crippen LogP contribution < -0.4 is 5.32 Å². The number of carbonyl (C=O) groups is 1. The minimum Gasteiger partial charge on any atom is -0.324 e. The molecule has 2 aromatic carbocycles. The number of hydrogen-bond donors (Lipinski definition) is 1. The second kappa shape index (κ2) is 6.40. The number of rotatable bonds is 2. The van der Waals surface area contributed by atoms with Gasteiger partial charge in [0.1, 0.15) is 6.04 Å². The molecule has 1 amide bonds. The Bertz CT molecular complexity index is 735. The Morgan fingerprint density at radius 3 is 2.50 bits per heavy atom. The Hall–Kier alpha value is -2.13. The fraction of sp³-hybridized carbons (Fsp3) is 0.381. The highest BCUT2D eigenvalue weighted by molar-refractivity contribution is 5.99. The minimum atomic E-state index is -0.109. The van der Waals surface area contributed by atoms with E-state index in [4.69, 9.17) is 0 Å². The average Bonchev–Trinajstić information content (AvgIpc) is 2.62. The molecule has 4 rings (SSSR count). The van der Waals surface area contributed by atoms with Crippen LogP contribution in [0.5, 0.6) is 0 Å². The maximum Gasteiger partial charge on any atom is 0.242 e. The van der Waals surface area contributed by atoms with Gasteiger partial charge in [0.15, 0.2) is 0 Å². The first-order valence-corrected chi connectivity index (χ1v) is 8.94. The van der Waals surface area contributed by atoms with E-state index in [1.54, 1.807) is 0 Å². The fourth-order valence-electron chi connectivity index (χ4n) is 4.18. The van der Waals surface area contributed by atoms with Crippen molar-refractivity contribution in [2.24, 2.45) is 0 Å². The summed E-state index contributed by atoms with van der Waals surface area (Å²) in [6.07, 6.45) is 3.65. The molecule has 2 atom stereocenters.